The Morgan fingerprint density at radius 3 is 2.59 bits per heavy atom. The average molecular weight is 524 g/mol. The highest BCUT2D eigenvalue weighted by Gasteiger charge is 2.17. The summed E-state index contributed by atoms with van der Waals surface area (Å²) < 4.78 is 12.0. The Bertz CT molecular complexity index is 1200. The van der Waals surface area contributed by atoms with E-state index in [1.807, 2.05) is 37.3 Å². The zero-order chi connectivity index (χ0) is 24.5. The number of rotatable bonds is 9. The monoisotopic (exact) mass is 523 g/mol. The molecule has 176 valence electrons. The van der Waals surface area contributed by atoms with Crippen LogP contribution in [0, 0.1) is 6.92 Å². The molecule has 1 atom stereocenters. The molecular formula is C26H26BrN3O4. The van der Waals surface area contributed by atoms with E-state index in [0.29, 0.717) is 33.7 Å². The Hall–Kier alpha value is -3.65. The standard InChI is InChI=1S/C26H26BrN3O4/c1-17-7-6-8-20(13-17)16-34-23-12-11-19(14-24(23)33-3)15-28-30-25(31)18(2)29-26(32)21-9-4-5-10-22(21)27/h4-15,18H,16H2,1-3H3,(H,29,32)(H,30,31). The molecule has 0 fully saturated rings. The minimum Gasteiger partial charge on any atom is -0.493 e. The predicted molar refractivity (Wildman–Crippen MR) is 135 cm³/mol. The van der Waals surface area contributed by atoms with E-state index in [-0.39, 0.29) is 5.91 Å². The molecule has 7 nitrogen and oxygen atoms in total. The zero-order valence-electron chi connectivity index (χ0n) is 19.2. The smallest absolute Gasteiger partial charge is 0.262 e. The lowest BCUT2D eigenvalue weighted by Gasteiger charge is -2.13. The van der Waals surface area contributed by atoms with Crippen LogP contribution in [0.2, 0.25) is 0 Å². The average Bonchev–Trinajstić information content (AvgIpc) is 2.83. The van der Waals surface area contributed by atoms with Gasteiger partial charge in [-0.3, -0.25) is 9.59 Å². The fourth-order valence-electron chi connectivity index (χ4n) is 3.10. The molecule has 1 unspecified atom stereocenters. The van der Waals surface area contributed by atoms with Gasteiger partial charge in [0, 0.05) is 4.47 Å². The number of halogens is 1. The second-order valence-electron chi connectivity index (χ2n) is 7.60. The molecule has 0 saturated carbocycles. The van der Waals surface area contributed by atoms with Crippen LogP contribution in [0.4, 0.5) is 0 Å². The van der Waals surface area contributed by atoms with Crippen molar-refractivity contribution >= 4 is 34.0 Å². The van der Waals surface area contributed by atoms with Crippen molar-refractivity contribution in [3.63, 3.8) is 0 Å². The summed E-state index contributed by atoms with van der Waals surface area (Å²) in [5.74, 6) is 0.359. The lowest BCUT2D eigenvalue weighted by atomic mass is 10.1. The molecule has 0 spiro atoms. The van der Waals surface area contributed by atoms with Crippen LogP contribution >= 0.6 is 15.9 Å². The molecule has 3 rings (SSSR count). The molecule has 0 aliphatic carbocycles. The number of amides is 2. The van der Waals surface area contributed by atoms with Crippen molar-refractivity contribution in [2.75, 3.05) is 7.11 Å². The van der Waals surface area contributed by atoms with Gasteiger partial charge in [-0.1, -0.05) is 42.0 Å². The van der Waals surface area contributed by atoms with E-state index in [1.165, 1.54) is 11.8 Å². The van der Waals surface area contributed by atoms with Crippen molar-refractivity contribution in [3.8, 4) is 11.5 Å². The van der Waals surface area contributed by atoms with Gasteiger partial charge in [-0.25, -0.2) is 5.43 Å². The van der Waals surface area contributed by atoms with Gasteiger partial charge in [0.15, 0.2) is 11.5 Å². The molecule has 0 saturated heterocycles. The topological polar surface area (TPSA) is 89.0 Å². The van der Waals surface area contributed by atoms with Crippen molar-refractivity contribution in [2.45, 2.75) is 26.5 Å². The van der Waals surface area contributed by atoms with Crippen LogP contribution in [0.1, 0.15) is 34.0 Å². The largest absolute Gasteiger partial charge is 0.493 e. The molecule has 34 heavy (non-hydrogen) atoms. The number of hydrogen-bond donors (Lipinski definition) is 2. The first-order chi connectivity index (χ1) is 16.4. The van der Waals surface area contributed by atoms with Gasteiger partial charge in [0.2, 0.25) is 0 Å². The van der Waals surface area contributed by atoms with Gasteiger partial charge in [-0.05, 0) is 71.2 Å². The quantitative estimate of drug-likeness (QED) is 0.316. The normalized spacial score (nSPS) is 11.6. The number of ether oxygens (including phenoxy) is 2. The van der Waals surface area contributed by atoms with E-state index in [2.05, 4.69) is 37.8 Å². The van der Waals surface area contributed by atoms with E-state index in [1.54, 1.807) is 44.4 Å². The number of methoxy groups -OCH3 is 1. The maximum absolute atomic E-state index is 12.4. The molecule has 3 aromatic carbocycles. The van der Waals surface area contributed by atoms with E-state index in [0.717, 1.165) is 5.56 Å². The Kier molecular flexibility index (Phi) is 8.81. The maximum atomic E-state index is 12.4. The first-order valence-electron chi connectivity index (χ1n) is 10.6. The van der Waals surface area contributed by atoms with Crippen LogP contribution in [0.15, 0.2) is 76.3 Å². The summed E-state index contributed by atoms with van der Waals surface area (Å²) in [7, 11) is 1.56. The fourth-order valence-corrected chi connectivity index (χ4v) is 3.56. The minimum absolute atomic E-state index is 0.356. The summed E-state index contributed by atoms with van der Waals surface area (Å²) in [6.45, 7) is 4.04. The van der Waals surface area contributed by atoms with E-state index < -0.39 is 11.9 Å². The molecule has 0 heterocycles. The van der Waals surface area contributed by atoms with Gasteiger partial charge in [0.05, 0.1) is 18.9 Å². The highest BCUT2D eigenvalue weighted by Crippen LogP contribution is 2.28. The second kappa shape index (κ2) is 12.0. The minimum atomic E-state index is -0.774. The Morgan fingerprint density at radius 2 is 1.85 bits per heavy atom. The Morgan fingerprint density at radius 1 is 1.06 bits per heavy atom. The highest BCUT2D eigenvalue weighted by molar-refractivity contribution is 9.10. The van der Waals surface area contributed by atoms with Gasteiger partial charge in [-0.2, -0.15) is 5.10 Å². The number of nitrogens with one attached hydrogen (secondary N) is 2. The summed E-state index contributed by atoms with van der Waals surface area (Å²) in [6, 6.07) is 19.7. The van der Waals surface area contributed by atoms with Crippen LogP contribution in [-0.4, -0.2) is 31.2 Å². The summed E-state index contributed by atoms with van der Waals surface area (Å²) in [4.78, 5) is 24.7. The molecule has 0 radical (unpaired) electrons. The molecule has 0 aromatic heterocycles. The molecule has 3 aromatic rings. The first kappa shape index (κ1) is 25.0. The molecule has 2 N–H and O–H groups in total. The van der Waals surface area contributed by atoms with Crippen LogP contribution < -0.4 is 20.2 Å². The number of carbonyl (C=O) groups excluding carboxylic acids is 2. The van der Waals surface area contributed by atoms with Gasteiger partial charge in [-0.15, -0.1) is 0 Å². The SMILES string of the molecule is COc1cc(C=NNC(=O)C(C)NC(=O)c2ccccc2Br)ccc1OCc1cccc(C)c1. The predicted octanol–water partition coefficient (Wildman–Crippen LogP) is 4.61. The van der Waals surface area contributed by atoms with E-state index in [9.17, 15) is 9.59 Å². The molecule has 2 amide bonds. The fraction of sp³-hybridized carbons (Fsp3) is 0.192. The third kappa shape index (κ3) is 6.92. The Balaban J connectivity index is 1.55. The number of hydrazone groups is 1. The molecular weight excluding hydrogens is 498 g/mol. The van der Waals surface area contributed by atoms with Gasteiger partial charge in [0.25, 0.3) is 11.8 Å². The molecule has 0 bridgehead atoms. The van der Waals surface area contributed by atoms with Crippen molar-refractivity contribution in [2.24, 2.45) is 5.10 Å². The van der Waals surface area contributed by atoms with Crippen molar-refractivity contribution in [1.29, 1.82) is 0 Å². The van der Waals surface area contributed by atoms with Crippen molar-refractivity contribution in [3.05, 3.63) is 93.5 Å². The Labute approximate surface area is 207 Å². The van der Waals surface area contributed by atoms with E-state index >= 15 is 0 Å². The van der Waals surface area contributed by atoms with Crippen molar-refractivity contribution in [1.82, 2.24) is 10.7 Å². The van der Waals surface area contributed by atoms with Crippen LogP contribution in [0.25, 0.3) is 0 Å². The third-order valence-electron chi connectivity index (χ3n) is 4.91. The van der Waals surface area contributed by atoms with Crippen LogP contribution in [0.5, 0.6) is 11.5 Å². The summed E-state index contributed by atoms with van der Waals surface area (Å²) in [5.41, 5.74) is 5.83. The lowest BCUT2D eigenvalue weighted by molar-refractivity contribution is -0.122. The molecule has 0 aliphatic rings. The van der Waals surface area contributed by atoms with Gasteiger partial charge >= 0.3 is 0 Å². The first-order valence-corrected chi connectivity index (χ1v) is 11.4. The van der Waals surface area contributed by atoms with Gasteiger partial charge < -0.3 is 14.8 Å². The number of nitrogens with zero attached hydrogens (tertiary/aromatic N) is 1. The third-order valence-corrected chi connectivity index (χ3v) is 5.60. The summed E-state index contributed by atoms with van der Waals surface area (Å²) in [5, 5.41) is 6.64. The van der Waals surface area contributed by atoms with E-state index in [4.69, 9.17) is 9.47 Å². The highest BCUT2D eigenvalue weighted by atomic mass is 79.9. The summed E-state index contributed by atoms with van der Waals surface area (Å²) in [6.07, 6.45) is 1.49. The van der Waals surface area contributed by atoms with Gasteiger partial charge in [0.1, 0.15) is 12.6 Å². The maximum Gasteiger partial charge on any atom is 0.262 e. The number of carbonyl (C=O) groups is 2. The molecule has 0 aliphatic heterocycles. The summed E-state index contributed by atoms with van der Waals surface area (Å²) >= 11 is 3.33. The number of benzene rings is 3. The number of hydrogen-bond acceptors (Lipinski definition) is 5. The van der Waals surface area contributed by atoms with Crippen LogP contribution in [0.3, 0.4) is 0 Å². The second-order valence-corrected chi connectivity index (χ2v) is 8.45. The number of aryl methyl sites for hydroxylation is 1. The van der Waals surface area contributed by atoms with Crippen LogP contribution in [-0.2, 0) is 11.4 Å². The molecule has 8 heteroatoms. The van der Waals surface area contributed by atoms with Crippen molar-refractivity contribution < 1.29 is 19.1 Å². The lowest BCUT2D eigenvalue weighted by Crippen LogP contribution is -2.43. The zero-order valence-corrected chi connectivity index (χ0v) is 20.8.